The molecular formula is C21H25N3O2. The summed E-state index contributed by atoms with van der Waals surface area (Å²) in [5, 5.41) is 2.79. The fraction of sp³-hybridized carbons (Fsp3) is 0.381. The summed E-state index contributed by atoms with van der Waals surface area (Å²) in [4.78, 5) is 30.6. The number of carbonyl (C=O) groups is 2. The second-order valence-corrected chi connectivity index (χ2v) is 6.89. The van der Waals surface area contributed by atoms with Crippen LogP contribution in [0.3, 0.4) is 0 Å². The van der Waals surface area contributed by atoms with Crippen molar-refractivity contribution in [3.63, 3.8) is 0 Å². The van der Waals surface area contributed by atoms with Crippen molar-refractivity contribution >= 4 is 11.8 Å². The molecule has 1 fully saturated rings. The Morgan fingerprint density at radius 1 is 1.12 bits per heavy atom. The number of aromatic nitrogens is 1. The Morgan fingerprint density at radius 3 is 2.42 bits per heavy atom. The summed E-state index contributed by atoms with van der Waals surface area (Å²) in [6.45, 7) is 3.26. The molecule has 1 aliphatic heterocycles. The maximum absolute atomic E-state index is 12.6. The van der Waals surface area contributed by atoms with Crippen molar-refractivity contribution in [2.45, 2.75) is 32.2 Å². The maximum Gasteiger partial charge on any atom is 0.252 e. The average Bonchev–Trinajstić information content (AvgIpc) is 2.69. The minimum atomic E-state index is -0.527. The zero-order chi connectivity index (χ0) is 18.4. The van der Waals surface area contributed by atoms with E-state index >= 15 is 0 Å². The van der Waals surface area contributed by atoms with Gasteiger partial charge in [-0.05, 0) is 49.8 Å². The standard InChI is InChI=1S/C21H25N3O2/c1-16(23-20(25)19-7-11-22-12-8-19)21(26)24-13-9-18(10-14-24)15-17-5-3-2-4-6-17/h2-8,11-12,16,18H,9-10,13-15H2,1H3,(H,23,25)/t16-/m0/s1. The van der Waals surface area contributed by atoms with Gasteiger partial charge >= 0.3 is 0 Å². The van der Waals surface area contributed by atoms with Crippen LogP contribution in [0.25, 0.3) is 0 Å². The van der Waals surface area contributed by atoms with Crippen LogP contribution in [0.4, 0.5) is 0 Å². The van der Waals surface area contributed by atoms with Crippen LogP contribution in [0.5, 0.6) is 0 Å². The number of hydrogen-bond acceptors (Lipinski definition) is 3. The number of piperidine rings is 1. The largest absolute Gasteiger partial charge is 0.341 e. The maximum atomic E-state index is 12.6. The molecule has 1 atom stereocenters. The Morgan fingerprint density at radius 2 is 1.77 bits per heavy atom. The molecule has 0 unspecified atom stereocenters. The molecule has 0 aliphatic carbocycles. The molecule has 0 bridgehead atoms. The van der Waals surface area contributed by atoms with E-state index in [2.05, 4.69) is 34.6 Å². The average molecular weight is 351 g/mol. The quantitative estimate of drug-likeness (QED) is 0.901. The zero-order valence-electron chi connectivity index (χ0n) is 15.1. The van der Waals surface area contributed by atoms with Gasteiger partial charge in [0, 0.05) is 31.0 Å². The predicted molar refractivity (Wildman–Crippen MR) is 101 cm³/mol. The van der Waals surface area contributed by atoms with Gasteiger partial charge in [0.05, 0.1) is 0 Å². The minimum absolute atomic E-state index is 0.00873. The van der Waals surface area contributed by atoms with E-state index in [0.29, 0.717) is 11.5 Å². The lowest BCUT2D eigenvalue weighted by Gasteiger charge is -2.33. The van der Waals surface area contributed by atoms with E-state index in [1.165, 1.54) is 5.56 Å². The molecule has 0 radical (unpaired) electrons. The smallest absolute Gasteiger partial charge is 0.252 e. The first-order valence-corrected chi connectivity index (χ1v) is 9.17. The molecular weight excluding hydrogens is 326 g/mol. The summed E-state index contributed by atoms with van der Waals surface area (Å²) in [5.41, 5.74) is 1.87. The highest BCUT2D eigenvalue weighted by Crippen LogP contribution is 2.22. The third-order valence-corrected chi connectivity index (χ3v) is 4.95. The Hall–Kier alpha value is -2.69. The molecule has 0 spiro atoms. The minimum Gasteiger partial charge on any atom is -0.341 e. The highest BCUT2D eigenvalue weighted by atomic mass is 16.2. The molecule has 1 aromatic heterocycles. The van der Waals surface area contributed by atoms with E-state index in [0.717, 1.165) is 32.4 Å². The van der Waals surface area contributed by atoms with Crippen LogP contribution < -0.4 is 5.32 Å². The fourth-order valence-corrected chi connectivity index (χ4v) is 3.42. The number of amides is 2. The van der Waals surface area contributed by atoms with Crippen molar-refractivity contribution in [2.24, 2.45) is 5.92 Å². The van der Waals surface area contributed by atoms with Crippen LogP contribution >= 0.6 is 0 Å². The summed E-state index contributed by atoms with van der Waals surface area (Å²) in [5.74, 6) is 0.362. The van der Waals surface area contributed by atoms with Crippen LogP contribution in [0.15, 0.2) is 54.9 Å². The lowest BCUT2D eigenvalue weighted by atomic mass is 9.90. The Bertz CT molecular complexity index is 725. The lowest BCUT2D eigenvalue weighted by molar-refractivity contribution is -0.134. The van der Waals surface area contributed by atoms with Crippen LogP contribution in [-0.2, 0) is 11.2 Å². The highest BCUT2D eigenvalue weighted by molar-refractivity contribution is 5.97. The van der Waals surface area contributed by atoms with Gasteiger partial charge in [-0.1, -0.05) is 30.3 Å². The first-order chi connectivity index (χ1) is 12.6. The van der Waals surface area contributed by atoms with Crippen LogP contribution in [0.1, 0.15) is 35.7 Å². The van der Waals surface area contributed by atoms with Gasteiger partial charge in [0.1, 0.15) is 6.04 Å². The lowest BCUT2D eigenvalue weighted by Crippen LogP contribution is -2.49. The molecule has 1 N–H and O–H groups in total. The highest BCUT2D eigenvalue weighted by Gasteiger charge is 2.27. The normalized spacial score (nSPS) is 16.1. The fourth-order valence-electron chi connectivity index (χ4n) is 3.42. The van der Waals surface area contributed by atoms with Gasteiger partial charge in [-0.25, -0.2) is 0 Å². The SMILES string of the molecule is C[C@H](NC(=O)c1ccncc1)C(=O)N1CCC(Cc2ccccc2)CC1. The van der Waals surface area contributed by atoms with Crippen LogP contribution in [0, 0.1) is 5.92 Å². The number of hydrogen-bond donors (Lipinski definition) is 1. The van der Waals surface area contributed by atoms with Gasteiger partial charge in [0.15, 0.2) is 0 Å². The third kappa shape index (κ3) is 4.69. The summed E-state index contributed by atoms with van der Waals surface area (Å²) in [7, 11) is 0. The molecule has 26 heavy (non-hydrogen) atoms. The van der Waals surface area contributed by atoms with Crippen molar-refractivity contribution in [1.82, 2.24) is 15.2 Å². The summed E-state index contributed by atoms with van der Waals surface area (Å²) >= 11 is 0. The first kappa shape index (κ1) is 18.1. The second-order valence-electron chi connectivity index (χ2n) is 6.89. The summed E-state index contributed by atoms with van der Waals surface area (Å²) in [6, 6.07) is 13.3. The first-order valence-electron chi connectivity index (χ1n) is 9.17. The van der Waals surface area contributed by atoms with Gasteiger partial charge in [0.2, 0.25) is 5.91 Å². The number of benzene rings is 1. The Labute approximate surface area is 154 Å². The topological polar surface area (TPSA) is 62.3 Å². The Kier molecular flexibility index (Phi) is 6.00. The summed E-state index contributed by atoms with van der Waals surface area (Å²) < 4.78 is 0. The molecule has 3 rings (SSSR count). The number of pyridine rings is 1. The number of carbonyl (C=O) groups excluding carboxylic acids is 2. The van der Waals surface area contributed by atoms with Gasteiger partial charge in [-0.15, -0.1) is 0 Å². The number of rotatable bonds is 5. The molecule has 1 aliphatic rings. The van der Waals surface area contributed by atoms with Crippen molar-refractivity contribution in [3.8, 4) is 0 Å². The van der Waals surface area contributed by atoms with Gasteiger partial charge in [-0.3, -0.25) is 14.6 Å². The van der Waals surface area contributed by atoms with E-state index in [4.69, 9.17) is 0 Å². The van der Waals surface area contributed by atoms with E-state index in [9.17, 15) is 9.59 Å². The van der Waals surface area contributed by atoms with Crippen molar-refractivity contribution in [1.29, 1.82) is 0 Å². The second kappa shape index (κ2) is 8.61. The van der Waals surface area contributed by atoms with Crippen LogP contribution in [0.2, 0.25) is 0 Å². The van der Waals surface area contributed by atoms with Gasteiger partial charge < -0.3 is 10.2 Å². The van der Waals surface area contributed by atoms with Crippen molar-refractivity contribution in [2.75, 3.05) is 13.1 Å². The molecule has 136 valence electrons. The molecule has 5 heteroatoms. The van der Waals surface area contributed by atoms with Gasteiger partial charge in [0.25, 0.3) is 5.91 Å². The summed E-state index contributed by atoms with van der Waals surface area (Å²) in [6.07, 6.45) is 6.21. The van der Waals surface area contributed by atoms with Crippen molar-refractivity contribution < 1.29 is 9.59 Å². The monoisotopic (exact) mass is 351 g/mol. The molecule has 2 aromatic rings. The number of nitrogens with zero attached hydrogens (tertiary/aromatic N) is 2. The number of likely N-dealkylation sites (tertiary alicyclic amines) is 1. The molecule has 2 heterocycles. The van der Waals surface area contributed by atoms with E-state index in [-0.39, 0.29) is 11.8 Å². The number of nitrogens with one attached hydrogen (secondary N) is 1. The molecule has 2 amide bonds. The van der Waals surface area contributed by atoms with Crippen LogP contribution in [-0.4, -0.2) is 40.8 Å². The Balaban J connectivity index is 1.47. The molecule has 1 aromatic carbocycles. The predicted octanol–water partition coefficient (Wildman–Crippen LogP) is 2.68. The molecule has 5 nitrogen and oxygen atoms in total. The van der Waals surface area contributed by atoms with Crippen molar-refractivity contribution in [3.05, 3.63) is 66.0 Å². The zero-order valence-corrected chi connectivity index (χ0v) is 15.1. The van der Waals surface area contributed by atoms with Gasteiger partial charge in [-0.2, -0.15) is 0 Å². The molecule has 1 saturated heterocycles. The molecule has 0 saturated carbocycles. The van der Waals surface area contributed by atoms with E-state index in [1.54, 1.807) is 31.5 Å². The van der Waals surface area contributed by atoms with E-state index < -0.39 is 6.04 Å². The van der Waals surface area contributed by atoms with E-state index in [1.807, 2.05) is 11.0 Å². The third-order valence-electron chi connectivity index (χ3n) is 4.95.